The van der Waals surface area contributed by atoms with Gasteiger partial charge < -0.3 is 5.32 Å². The van der Waals surface area contributed by atoms with Crippen LogP contribution in [0.1, 0.15) is 6.92 Å². The van der Waals surface area contributed by atoms with Crippen molar-refractivity contribution in [1.82, 2.24) is 0 Å². The number of nitrogens with zero attached hydrogens (tertiary/aromatic N) is 2. The highest BCUT2D eigenvalue weighted by molar-refractivity contribution is 7.92. The van der Waals surface area contributed by atoms with Gasteiger partial charge in [-0.25, -0.2) is 8.42 Å². The van der Waals surface area contributed by atoms with E-state index in [1.807, 2.05) is 0 Å². The van der Waals surface area contributed by atoms with Crippen LogP contribution in [0, 0.1) is 10.1 Å². The number of nitro groups is 1. The van der Waals surface area contributed by atoms with E-state index in [0.29, 0.717) is 0 Å². The summed E-state index contributed by atoms with van der Waals surface area (Å²) in [5.74, 6) is -0.697. The Labute approximate surface area is 165 Å². The Morgan fingerprint density at radius 1 is 1.22 bits per heavy atom. The molecule has 0 fully saturated rings. The highest BCUT2D eigenvalue weighted by Crippen LogP contribution is 2.32. The number of benzene rings is 2. The Bertz CT molecular complexity index is 997. The molecule has 0 bridgehead atoms. The van der Waals surface area contributed by atoms with Crippen molar-refractivity contribution in [2.75, 3.05) is 15.9 Å². The van der Waals surface area contributed by atoms with Crippen LogP contribution in [-0.2, 0) is 14.8 Å². The number of halogens is 2. The summed E-state index contributed by atoms with van der Waals surface area (Å²) in [4.78, 5) is 22.8. The first-order chi connectivity index (χ1) is 12.5. The van der Waals surface area contributed by atoms with E-state index in [1.54, 1.807) is 0 Å². The third-order valence-corrected chi connectivity index (χ3v) is 5.34. The molecule has 0 unspecified atom stereocenters. The Hall–Kier alpha value is -2.36. The summed E-state index contributed by atoms with van der Waals surface area (Å²) in [5.41, 5.74) is -0.00152. The predicted octanol–water partition coefficient (Wildman–Crippen LogP) is 3.69. The molecule has 0 aliphatic carbocycles. The molecule has 0 aliphatic heterocycles. The average Bonchev–Trinajstić information content (AvgIpc) is 2.57. The van der Waals surface area contributed by atoms with Crippen LogP contribution in [0.5, 0.6) is 0 Å². The Kier molecular flexibility index (Phi) is 6.30. The molecule has 0 saturated heterocycles. The molecule has 11 heteroatoms. The molecule has 0 aromatic heterocycles. The highest BCUT2D eigenvalue weighted by atomic mass is 35.5. The molecular formula is C16H15Cl2N3O5S. The molecule has 2 aromatic rings. The Morgan fingerprint density at radius 3 is 2.48 bits per heavy atom. The molecule has 1 N–H and O–H groups in total. The summed E-state index contributed by atoms with van der Waals surface area (Å²) in [7, 11) is -3.89. The summed E-state index contributed by atoms with van der Waals surface area (Å²) >= 11 is 12.0. The molecule has 0 spiro atoms. The van der Waals surface area contributed by atoms with Gasteiger partial charge in [-0.1, -0.05) is 29.3 Å². The number of hydrogen-bond donors (Lipinski definition) is 1. The molecule has 0 radical (unpaired) electrons. The van der Waals surface area contributed by atoms with Crippen molar-refractivity contribution < 1.29 is 18.1 Å². The standard InChI is InChI=1S/C16H15Cl2N3O5S/c1-10(16(22)19-12-4-3-5-13(9-12)21(23)24)20(27(2,25)26)15-8-11(17)6-7-14(15)18/h3-10H,1-2H3,(H,19,22)/t10-/m1/s1. The number of rotatable bonds is 6. The number of anilines is 2. The summed E-state index contributed by atoms with van der Waals surface area (Å²) in [6.07, 6.45) is 0.932. The van der Waals surface area contributed by atoms with Gasteiger partial charge in [-0.05, 0) is 31.2 Å². The van der Waals surface area contributed by atoms with E-state index in [1.165, 1.54) is 49.4 Å². The molecule has 0 heterocycles. The number of sulfonamides is 1. The van der Waals surface area contributed by atoms with E-state index in [4.69, 9.17) is 23.2 Å². The lowest BCUT2D eigenvalue weighted by Gasteiger charge is -2.29. The van der Waals surface area contributed by atoms with E-state index in [9.17, 15) is 23.3 Å². The topological polar surface area (TPSA) is 110 Å². The molecule has 2 aromatic carbocycles. The summed E-state index contributed by atoms with van der Waals surface area (Å²) < 4.78 is 25.4. The lowest BCUT2D eigenvalue weighted by atomic mass is 10.2. The molecule has 144 valence electrons. The van der Waals surface area contributed by atoms with Crippen LogP contribution in [0.4, 0.5) is 17.1 Å². The number of carbonyl (C=O) groups excluding carboxylic acids is 1. The summed E-state index contributed by atoms with van der Waals surface area (Å²) in [6, 6.07) is 8.34. The number of carbonyl (C=O) groups is 1. The molecule has 0 saturated carbocycles. The fraction of sp³-hybridized carbons (Fsp3) is 0.188. The molecular weight excluding hydrogens is 417 g/mol. The second kappa shape index (κ2) is 8.12. The zero-order chi connectivity index (χ0) is 20.4. The fourth-order valence-electron chi connectivity index (χ4n) is 2.38. The largest absolute Gasteiger partial charge is 0.324 e. The second-order valence-electron chi connectivity index (χ2n) is 5.63. The van der Waals surface area contributed by atoms with Crippen LogP contribution in [0.3, 0.4) is 0 Å². The quantitative estimate of drug-likeness (QED) is 0.553. The predicted molar refractivity (Wildman–Crippen MR) is 105 cm³/mol. The van der Waals surface area contributed by atoms with Crippen molar-refractivity contribution in [2.45, 2.75) is 13.0 Å². The van der Waals surface area contributed by atoms with Gasteiger partial charge in [-0.15, -0.1) is 0 Å². The first-order valence-corrected chi connectivity index (χ1v) is 10.1. The van der Waals surface area contributed by atoms with Gasteiger partial charge in [0, 0.05) is 22.8 Å². The van der Waals surface area contributed by atoms with Gasteiger partial charge in [-0.2, -0.15) is 0 Å². The maximum absolute atomic E-state index is 12.6. The SMILES string of the molecule is C[C@H](C(=O)Nc1cccc([N+](=O)[O-])c1)N(c1cc(Cl)ccc1Cl)S(C)(=O)=O. The first-order valence-electron chi connectivity index (χ1n) is 7.50. The third kappa shape index (κ3) is 5.09. The second-order valence-corrected chi connectivity index (χ2v) is 8.33. The van der Waals surface area contributed by atoms with Crippen LogP contribution >= 0.6 is 23.2 Å². The summed E-state index contributed by atoms with van der Waals surface area (Å²) in [5, 5.41) is 13.7. The maximum Gasteiger partial charge on any atom is 0.271 e. The van der Waals surface area contributed by atoms with E-state index in [0.717, 1.165) is 10.6 Å². The molecule has 27 heavy (non-hydrogen) atoms. The van der Waals surface area contributed by atoms with Gasteiger partial charge in [0.15, 0.2) is 0 Å². The maximum atomic E-state index is 12.6. The van der Waals surface area contributed by atoms with Crippen LogP contribution in [0.25, 0.3) is 0 Å². The third-order valence-electron chi connectivity index (χ3n) is 3.56. The number of nitro benzene ring substituents is 1. The fourth-order valence-corrected chi connectivity index (χ4v) is 3.98. The normalized spacial score (nSPS) is 12.3. The van der Waals surface area contributed by atoms with Gasteiger partial charge in [-0.3, -0.25) is 19.2 Å². The molecule has 1 atom stereocenters. The monoisotopic (exact) mass is 431 g/mol. The van der Waals surface area contributed by atoms with Gasteiger partial charge in [0.05, 0.1) is 21.9 Å². The zero-order valence-electron chi connectivity index (χ0n) is 14.2. The average molecular weight is 432 g/mol. The molecule has 1 amide bonds. The smallest absolute Gasteiger partial charge is 0.271 e. The van der Waals surface area contributed by atoms with Crippen molar-refractivity contribution in [2.24, 2.45) is 0 Å². The Balaban J connectivity index is 2.37. The van der Waals surface area contributed by atoms with Crippen molar-refractivity contribution in [3.05, 3.63) is 62.6 Å². The highest BCUT2D eigenvalue weighted by Gasteiger charge is 2.31. The van der Waals surface area contributed by atoms with E-state index in [2.05, 4.69) is 5.32 Å². The number of amides is 1. The lowest BCUT2D eigenvalue weighted by molar-refractivity contribution is -0.384. The van der Waals surface area contributed by atoms with Crippen molar-refractivity contribution in [3.8, 4) is 0 Å². The van der Waals surface area contributed by atoms with E-state index >= 15 is 0 Å². The summed E-state index contributed by atoms with van der Waals surface area (Å²) in [6.45, 7) is 1.37. The van der Waals surface area contributed by atoms with Crippen LogP contribution in [0.15, 0.2) is 42.5 Å². The first kappa shape index (κ1) is 20.9. The minimum absolute atomic E-state index is 0.0494. The van der Waals surface area contributed by atoms with Crippen LogP contribution < -0.4 is 9.62 Å². The van der Waals surface area contributed by atoms with Crippen LogP contribution in [-0.4, -0.2) is 31.5 Å². The molecule has 8 nitrogen and oxygen atoms in total. The number of nitrogens with one attached hydrogen (secondary N) is 1. The van der Waals surface area contributed by atoms with Crippen molar-refractivity contribution in [3.63, 3.8) is 0 Å². The van der Waals surface area contributed by atoms with Gasteiger partial charge in [0.1, 0.15) is 6.04 Å². The molecule has 0 aliphatic rings. The lowest BCUT2D eigenvalue weighted by Crippen LogP contribution is -2.45. The van der Waals surface area contributed by atoms with Gasteiger partial charge in [0.2, 0.25) is 15.9 Å². The van der Waals surface area contributed by atoms with Gasteiger partial charge in [0.25, 0.3) is 5.69 Å². The Morgan fingerprint density at radius 2 is 1.89 bits per heavy atom. The minimum Gasteiger partial charge on any atom is -0.324 e. The van der Waals surface area contributed by atoms with Gasteiger partial charge >= 0.3 is 0 Å². The number of hydrogen-bond acceptors (Lipinski definition) is 5. The number of non-ortho nitro benzene ring substituents is 1. The zero-order valence-corrected chi connectivity index (χ0v) is 16.5. The minimum atomic E-state index is -3.89. The molecule has 2 rings (SSSR count). The van der Waals surface area contributed by atoms with E-state index < -0.39 is 26.9 Å². The van der Waals surface area contributed by atoms with E-state index in [-0.39, 0.29) is 27.1 Å². The van der Waals surface area contributed by atoms with Crippen molar-refractivity contribution in [1.29, 1.82) is 0 Å². The van der Waals surface area contributed by atoms with Crippen molar-refractivity contribution >= 4 is 56.2 Å². The van der Waals surface area contributed by atoms with Crippen LogP contribution in [0.2, 0.25) is 10.0 Å².